The second kappa shape index (κ2) is 6.26. The summed E-state index contributed by atoms with van der Waals surface area (Å²) in [6.07, 6.45) is 3.18. The van der Waals surface area contributed by atoms with E-state index in [1.165, 1.54) is 6.33 Å². The van der Waals surface area contributed by atoms with E-state index in [2.05, 4.69) is 41.4 Å². The molecule has 1 aromatic heterocycles. The van der Waals surface area contributed by atoms with E-state index in [9.17, 15) is 4.79 Å². The molecule has 1 fully saturated rings. The van der Waals surface area contributed by atoms with Crippen LogP contribution in [0.15, 0.2) is 36.9 Å². The molecular formula is C19H26N4O2. The van der Waals surface area contributed by atoms with E-state index >= 15 is 0 Å². The van der Waals surface area contributed by atoms with E-state index < -0.39 is 5.60 Å². The summed E-state index contributed by atoms with van der Waals surface area (Å²) in [5.74, 6) is -0.300. The van der Waals surface area contributed by atoms with Gasteiger partial charge < -0.3 is 10.1 Å². The van der Waals surface area contributed by atoms with Crippen LogP contribution in [0.1, 0.15) is 46.1 Å². The van der Waals surface area contributed by atoms with E-state index in [1.807, 2.05) is 32.9 Å². The maximum absolute atomic E-state index is 12.8. The molecule has 6 nitrogen and oxygen atoms in total. The summed E-state index contributed by atoms with van der Waals surface area (Å²) < 4.78 is 7.40. The number of aromatic nitrogens is 3. The topological polar surface area (TPSA) is 69.0 Å². The second-order valence-corrected chi connectivity index (χ2v) is 8.15. The molecule has 2 heterocycles. The van der Waals surface area contributed by atoms with Gasteiger partial charge >= 0.3 is 5.97 Å². The molecule has 1 aromatic carbocycles. The molecule has 0 spiro atoms. The summed E-state index contributed by atoms with van der Waals surface area (Å²) in [5, 5.41) is 7.61. The van der Waals surface area contributed by atoms with Crippen LogP contribution in [0, 0.1) is 5.92 Å². The molecule has 1 unspecified atom stereocenters. The van der Waals surface area contributed by atoms with Gasteiger partial charge in [-0.05, 0) is 52.3 Å². The van der Waals surface area contributed by atoms with Crippen LogP contribution in [0.5, 0.6) is 0 Å². The number of nitrogens with zero attached hydrogens (tertiary/aromatic N) is 3. The Morgan fingerprint density at radius 1 is 1.28 bits per heavy atom. The number of hydrogen-bond acceptors (Lipinski definition) is 5. The minimum absolute atomic E-state index is 0.0784. The summed E-state index contributed by atoms with van der Waals surface area (Å²) in [5.41, 5.74) is 1.27. The molecule has 6 heteroatoms. The molecule has 1 aliphatic heterocycles. The van der Waals surface area contributed by atoms with E-state index in [4.69, 9.17) is 4.74 Å². The Morgan fingerprint density at radius 2 is 1.96 bits per heavy atom. The molecule has 1 saturated heterocycles. The third-order valence-electron chi connectivity index (χ3n) is 4.62. The Hall–Kier alpha value is -2.21. The minimum atomic E-state index is -0.489. The molecule has 0 bridgehead atoms. The monoisotopic (exact) mass is 342 g/mol. The van der Waals surface area contributed by atoms with Gasteiger partial charge in [0.25, 0.3) is 0 Å². The largest absolute Gasteiger partial charge is 0.460 e. The van der Waals surface area contributed by atoms with Crippen molar-refractivity contribution in [3.63, 3.8) is 0 Å². The third kappa shape index (κ3) is 3.74. The maximum Gasteiger partial charge on any atom is 0.311 e. The number of ether oxygens (including phenoxy) is 1. The van der Waals surface area contributed by atoms with Crippen molar-refractivity contribution in [2.75, 3.05) is 6.54 Å². The van der Waals surface area contributed by atoms with Gasteiger partial charge in [-0.15, -0.1) is 0 Å². The van der Waals surface area contributed by atoms with Crippen molar-refractivity contribution in [1.82, 2.24) is 20.1 Å². The fourth-order valence-corrected chi connectivity index (χ4v) is 3.45. The van der Waals surface area contributed by atoms with Crippen LogP contribution in [0.4, 0.5) is 0 Å². The van der Waals surface area contributed by atoms with Crippen LogP contribution in [0.2, 0.25) is 0 Å². The Bertz CT molecular complexity index is 730. The normalized spacial score (nSPS) is 22.8. The van der Waals surface area contributed by atoms with Gasteiger partial charge in [0.15, 0.2) is 0 Å². The first kappa shape index (κ1) is 17.6. The highest BCUT2D eigenvalue weighted by molar-refractivity contribution is 5.76. The smallest absolute Gasteiger partial charge is 0.311 e. The van der Waals surface area contributed by atoms with Gasteiger partial charge in [0.1, 0.15) is 18.3 Å². The highest BCUT2D eigenvalue weighted by Crippen LogP contribution is 2.39. The van der Waals surface area contributed by atoms with Gasteiger partial charge in [0.2, 0.25) is 0 Å². The number of benzene rings is 1. The molecule has 0 saturated carbocycles. The van der Waals surface area contributed by atoms with E-state index in [0.29, 0.717) is 0 Å². The average Bonchev–Trinajstić information content (AvgIpc) is 3.13. The molecule has 134 valence electrons. The molecule has 2 atom stereocenters. The van der Waals surface area contributed by atoms with Gasteiger partial charge in [-0.3, -0.25) is 4.79 Å². The van der Waals surface area contributed by atoms with Crippen molar-refractivity contribution >= 4 is 5.97 Å². The highest BCUT2D eigenvalue weighted by Gasteiger charge is 2.48. The lowest BCUT2D eigenvalue weighted by Crippen LogP contribution is -2.44. The van der Waals surface area contributed by atoms with Crippen molar-refractivity contribution < 1.29 is 9.53 Å². The van der Waals surface area contributed by atoms with Crippen LogP contribution >= 0.6 is 0 Å². The summed E-state index contributed by atoms with van der Waals surface area (Å²) in [7, 11) is 0. The number of hydrogen-bond donors (Lipinski definition) is 1. The third-order valence-corrected chi connectivity index (χ3v) is 4.62. The Morgan fingerprint density at radius 3 is 2.52 bits per heavy atom. The first-order valence-corrected chi connectivity index (χ1v) is 8.60. The van der Waals surface area contributed by atoms with E-state index in [-0.39, 0.29) is 23.3 Å². The second-order valence-electron chi connectivity index (χ2n) is 8.15. The summed E-state index contributed by atoms with van der Waals surface area (Å²) >= 11 is 0. The molecule has 2 aromatic rings. The quantitative estimate of drug-likeness (QED) is 0.869. The van der Waals surface area contributed by atoms with Crippen LogP contribution in [0.3, 0.4) is 0 Å². The fourth-order valence-electron chi connectivity index (χ4n) is 3.45. The predicted molar refractivity (Wildman–Crippen MR) is 95.5 cm³/mol. The molecular weight excluding hydrogens is 316 g/mol. The maximum atomic E-state index is 12.8. The van der Waals surface area contributed by atoms with Crippen molar-refractivity contribution in [1.29, 1.82) is 0 Å². The van der Waals surface area contributed by atoms with Crippen LogP contribution in [-0.2, 0) is 9.53 Å². The van der Waals surface area contributed by atoms with E-state index in [1.54, 1.807) is 11.0 Å². The van der Waals surface area contributed by atoms with Crippen LogP contribution in [-0.4, -0.2) is 38.4 Å². The van der Waals surface area contributed by atoms with Crippen molar-refractivity contribution in [2.24, 2.45) is 5.92 Å². The zero-order valence-corrected chi connectivity index (χ0v) is 15.5. The highest BCUT2D eigenvalue weighted by atomic mass is 16.6. The Labute approximate surface area is 148 Å². The number of carbonyl (C=O) groups is 1. The van der Waals surface area contributed by atoms with Crippen molar-refractivity contribution in [2.45, 2.75) is 51.7 Å². The standard InChI is InChI=1S/C19H26N4O2/c1-18(2,3)25-17(24)16-15(10-21-19(16,4)5)13-6-8-14(9-7-13)23-12-20-11-22-23/h6-9,11-12,15-16,21H,10H2,1-5H3/t15-,16?/m0/s1. The van der Waals surface area contributed by atoms with Crippen LogP contribution in [0.25, 0.3) is 5.69 Å². The number of rotatable bonds is 3. The van der Waals surface area contributed by atoms with Gasteiger partial charge in [-0.1, -0.05) is 12.1 Å². The molecule has 1 aliphatic rings. The molecule has 1 N–H and O–H groups in total. The van der Waals surface area contributed by atoms with Gasteiger partial charge in [0, 0.05) is 18.0 Å². The first-order chi connectivity index (χ1) is 11.7. The number of esters is 1. The number of carbonyl (C=O) groups excluding carboxylic acids is 1. The first-order valence-electron chi connectivity index (χ1n) is 8.60. The Kier molecular flexibility index (Phi) is 4.41. The summed E-state index contributed by atoms with van der Waals surface area (Å²) in [4.78, 5) is 16.8. The van der Waals surface area contributed by atoms with Gasteiger partial charge in [-0.25, -0.2) is 9.67 Å². The zero-order valence-electron chi connectivity index (χ0n) is 15.5. The molecule has 0 amide bonds. The Balaban J connectivity index is 1.86. The number of nitrogens with one attached hydrogen (secondary N) is 1. The summed E-state index contributed by atoms with van der Waals surface area (Å²) in [6.45, 7) is 10.6. The molecule has 0 radical (unpaired) electrons. The molecule has 0 aliphatic carbocycles. The SMILES string of the molecule is CC(C)(C)OC(=O)C1[C@H](c2ccc(-n3cncn3)cc2)CNC1(C)C. The average molecular weight is 342 g/mol. The summed E-state index contributed by atoms with van der Waals surface area (Å²) in [6, 6.07) is 8.12. The van der Waals surface area contributed by atoms with Crippen molar-refractivity contribution in [3.8, 4) is 5.69 Å². The lowest BCUT2D eigenvalue weighted by atomic mass is 9.79. The lowest BCUT2D eigenvalue weighted by molar-refractivity contribution is -0.162. The fraction of sp³-hybridized carbons (Fsp3) is 0.526. The van der Waals surface area contributed by atoms with Gasteiger partial charge in [-0.2, -0.15) is 5.10 Å². The minimum Gasteiger partial charge on any atom is -0.460 e. The predicted octanol–water partition coefficient (Wildman–Crippen LogP) is 2.69. The van der Waals surface area contributed by atoms with E-state index in [0.717, 1.165) is 17.8 Å². The van der Waals surface area contributed by atoms with Crippen molar-refractivity contribution in [3.05, 3.63) is 42.5 Å². The van der Waals surface area contributed by atoms with Crippen LogP contribution < -0.4 is 5.32 Å². The molecule has 25 heavy (non-hydrogen) atoms. The zero-order chi connectivity index (χ0) is 18.2. The lowest BCUT2D eigenvalue weighted by Gasteiger charge is -2.31. The van der Waals surface area contributed by atoms with Gasteiger partial charge in [0.05, 0.1) is 11.6 Å². The molecule has 3 rings (SSSR count).